The molecule has 8 heteroatoms. The quantitative estimate of drug-likeness (QED) is 0.321. The lowest BCUT2D eigenvalue weighted by Crippen LogP contribution is -2.56. The van der Waals surface area contributed by atoms with Crippen LogP contribution in [0.4, 0.5) is 4.39 Å². The summed E-state index contributed by atoms with van der Waals surface area (Å²) in [6, 6.07) is 6.66. The second-order valence-electron chi connectivity index (χ2n) is 7.63. The van der Waals surface area contributed by atoms with Gasteiger partial charge in [-0.05, 0) is 38.6 Å². The van der Waals surface area contributed by atoms with Gasteiger partial charge in [-0.2, -0.15) is 0 Å². The number of ether oxygens (including phenoxy) is 1. The van der Waals surface area contributed by atoms with Gasteiger partial charge in [0.05, 0.1) is 13.2 Å². The second kappa shape index (κ2) is 12.6. The Hall–Kier alpha value is -0.970. The molecule has 1 fully saturated rings. The smallest absolute Gasteiger partial charge is 0.191 e. The number of hydrogen-bond acceptors (Lipinski definition) is 4. The third-order valence-corrected chi connectivity index (χ3v) is 4.93. The van der Waals surface area contributed by atoms with E-state index in [4.69, 9.17) is 4.74 Å². The Labute approximate surface area is 185 Å². The lowest BCUT2D eigenvalue weighted by molar-refractivity contribution is -0.00834. The van der Waals surface area contributed by atoms with E-state index < -0.39 is 0 Å². The second-order valence-corrected chi connectivity index (χ2v) is 7.63. The predicted molar refractivity (Wildman–Crippen MR) is 124 cm³/mol. The van der Waals surface area contributed by atoms with Gasteiger partial charge in [-0.15, -0.1) is 24.0 Å². The van der Waals surface area contributed by atoms with Crippen LogP contribution in [0.5, 0.6) is 0 Å². The van der Waals surface area contributed by atoms with Gasteiger partial charge in [0.2, 0.25) is 0 Å². The molecule has 0 saturated carbocycles. The minimum absolute atomic E-state index is 0. The van der Waals surface area contributed by atoms with Crippen molar-refractivity contribution in [1.29, 1.82) is 0 Å². The van der Waals surface area contributed by atoms with E-state index in [1.807, 2.05) is 12.1 Å². The van der Waals surface area contributed by atoms with Crippen molar-refractivity contribution in [3.05, 3.63) is 35.6 Å². The van der Waals surface area contributed by atoms with E-state index in [1.54, 1.807) is 7.05 Å². The molecule has 2 rings (SSSR count). The number of likely N-dealkylation sites (N-methyl/N-ethyl adjacent to an activating group) is 1. The molecular formula is C20H35FIN5O. The minimum atomic E-state index is -0.196. The van der Waals surface area contributed by atoms with Crippen LogP contribution in [-0.4, -0.2) is 81.3 Å². The molecule has 1 heterocycles. The van der Waals surface area contributed by atoms with Crippen molar-refractivity contribution in [2.45, 2.75) is 25.9 Å². The molecule has 2 N–H and O–H groups in total. The summed E-state index contributed by atoms with van der Waals surface area (Å²) in [7, 11) is 3.85. The Morgan fingerprint density at radius 1 is 1.21 bits per heavy atom. The van der Waals surface area contributed by atoms with Crippen molar-refractivity contribution in [3.8, 4) is 0 Å². The number of nitrogens with one attached hydrogen (secondary N) is 2. The maximum atomic E-state index is 13.0. The number of hydrogen-bond donors (Lipinski definition) is 2. The van der Waals surface area contributed by atoms with Gasteiger partial charge in [-0.1, -0.05) is 12.1 Å². The van der Waals surface area contributed by atoms with Crippen LogP contribution in [0.2, 0.25) is 0 Å². The summed E-state index contributed by atoms with van der Waals surface area (Å²) < 4.78 is 18.4. The average molecular weight is 507 g/mol. The number of guanidine groups is 1. The van der Waals surface area contributed by atoms with Gasteiger partial charge in [0.25, 0.3) is 0 Å². The van der Waals surface area contributed by atoms with Crippen LogP contribution in [0.1, 0.15) is 19.4 Å². The van der Waals surface area contributed by atoms with E-state index >= 15 is 0 Å². The number of halogens is 2. The fourth-order valence-corrected chi connectivity index (χ4v) is 3.15. The standard InChI is InChI=1S/C20H34FN5O.HI/c1-20(2,26-11-13-27-14-12-26)16-24-19(22-3)23-9-10-25(4)15-17-5-7-18(21)8-6-17;/h5-8H,9-16H2,1-4H3,(H2,22,23,24);1H. The zero-order chi connectivity index (χ0) is 19.7. The zero-order valence-electron chi connectivity index (χ0n) is 17.5. The van der Waals surface area contributed by atoms with Gasteiger partial charge in [0, 0.05) is 51.9 Å². The highest BCUT2D eigenvalue weighted by molar-refractivity contribution is 14.0. The third kappa shape index (κ3) is 8.59. The summed E-state index contributed by atoms with van der Waals surface area (Å²) in [5.74, 6) is 0.615. The maximum Gasteiger partial charge on any atom is 0.191 e. The van der Waals surface area contributed by atoms with Crippen molar-refractivity contribution in [2.24, 2.45) is 4.99 Å². The molecule has 160 valence electrons. The molecule has 1 aromatic carbocycles. The molecule has 0 aliphatic carbocycles. The number of morpholine rings is 1. The van der Waals surface area contributed by atoms with Gasteiger partial charge in [0.15, 0.2) is 5.96 Å². The lowest BCUT2D eigenvalue weighted by Gasteiger charge is -2.41. The molecule has 0 radical (unpaired) electrons. The van der Waals surface area contributed by atoms with Crippen molar-refractivity contribution in [1.82, 2.24) is 20.4 Å². The van der Waals surface area contributed by atoms with Gasteiger partial charge in [-0.3, -0.25) is 9.89 Å². The first kappa shape index (κ1) is 25.1. The topological polar surface area (TPSA) is 52.1 Å². The SMILES string of the molecule is CN=C(NCCN(C)Cc1ccc(F)cc1)NCC(C)(C)N1CCOCC1.I. The Bertz CT molecular complexity index is 591. The molecular weight excluding hydrogens is 472 g/mol. The van der Waals surface area contributed by atoms with E-state index in [-0.39, 0.29) is 35.3 Å². The summed E-state index contributed by atoms with van der Waals surface area (Å²) in [4.78, 5) is 8.97. The molecule has 1 aromatic rings. The van der Waals surface area contributed by atoms with Crippen molar-refractivity contribution in [2.75, 3.05) is 60.0 Å². The number of benzene rings is 1. The molecule has 1 aliphatic heterocycles. The third-order valence-electron chi connectivity index (χ3n) is 4.93. The van der Waals surface area contributed by atoms with E-state index in [1.165, 1.54) is 12.1 Å². The molecule has 0 aromatic heterocycles. The zero-order valence-corrected chi connectivity index (χ0v) is 19.8. The van der Waals surface area contributed by atoms with Crippen LogP contribution in [0.25, 0.3) is 0 Å². The van der Waals surface area contributed by atoms with Crippen LogP contribution in [0, 0.1) is 5.82 Å². The molecule has 0 bridgehead atoms. The van der Waals surface area contributed by atoms with E-state index in [0.29, 0.717) is 0 Å². The Kier molecular flexibility index (Phi) is 11.2. The van der Waals surface area contributed by atoms with Gasteiger partial charge < -0.3 is 20.3 Å². The van der Waals surface area contributed by atoms with Crippen molar-refractivity contribution in [3.63, 3.8) is 0 Å². The lowest BCUT2D eigenvalue weighted by atomic mass is 10.0. The van der Waals surface area contributed by atoms with Gasteiger partial charge in [-0.25, -0.2) is 4.39 Å². The number of nitrogens with zero attached hydrogens (tertiary/aromatic N) is 3. The highest BCUT2D eigenvalue weighted by atomic mass is 127. The minimum Gasteiger partial charge on any atom is -0.379 e. The van der Waals surface area contributed by atoms with E-state index in [2.05, 4.69) is 46.3 Å². The van der Waals surface area contributed by atoms with E-state index in [0.717, 1.165) is 64.0 Å². The van der Waals surface area contributed by atoms with Crippen molar-refractivity contribution >= 4 is 29.9 Å². The molecule has 28 heavy (non-hydrogen) atoms. The Balaban J connectivity index is 0.00000392. The predicted octanol–water partition coefficient (Wildman–Crippen LogP) is 2.15. The Morgan fingerprint density at radius 2 is 1.86 bits per heavy atom. The van der Waals surface area contributed by atoms with Gasteiger partial charge in [0.1, 0.15) is 5.82 Å². The normalized spacial score (nSPS) is 16.0. The van der Waals surface area contributed by atoms with Gasteiger partial charge >= 0.3 is 0 Å². The first-order chi connectivity index (χ1) is 12.9. The highest BCUT2D eigenvalue weighted by Gasteiger charge is 2.28. The molecule has 0 atom stereocenters. The fraction of sp³-hybridized carbons (Fsp3) is 0.650. The largest absolute Gasteiger partial charge is 0.379 e. The summed E-state index contributed by atoms with van der Waals surface area (Å²) in [6.45, 7) is 11.3. The van der Waals surface area contributed by atoms with Crippen LogP contribution in [0.3, 0.4) is 0 Å². The van der Waals surface area contributed by atoms with Crippen LogP contribution >= 0.6 is 24.0 Å². The molecule has 6 nitrogen and oxygen atoms in total. The molecule has 1 saturated heterocycles. The fourth-order valence-electron chi connectivity index (χ4n) is 3.15. The van der Waals surface area contributed by atoms with E-state index in [9.17, 15) is 4.39 Å². The average Bonchev–Trinajstić information content (AvgIpc) is 2.67. The summed E-state index contributed by atoms with van der Waals surface area (Å²) in [5.41, 5.74) is 1.15. The molecule has 0 amide bonds. The molecule has 0 unspecified atom stereocenters. The summed E-state index contributed by atoms with van der Waals surface area (Å²) in [6.07, 6.45) is 0. The van der Waals surface area contributed by atoms with Crippen LogP contribution < -0.4 is 10.6 Å². The number of rotatable bonds is 8. The molecule has 1 aliphatic rings. The van der Waals surface area contributed by atoms with Crippen LogP contribution in [-0.2, 0) is 11.3 Å². The Morgan fingerprint density at radius 3 is 2.46 bits per heavy atom. The summed E-state index contributed by atoms with van der Waals surface area (Å²) >= 11 is 0. The first-order valence-corrected chi connectivity index (χ1v) is 9.61. The highest BCUT2D eigenvalue weighted by Crippen LogP contribution is 2.14. The monoisotopic (exact) mass is 507 g/mol. The first-order valence-electron chi connectivity index (χ1n) is 9.61. The molecule has 0 spiro atoms. The maximum absolute atomic E-state index is 13.0. The van der Waals surface area contributed by atoms with Crippen molar-refractivity contribution < 1.29 is 9.13 Å². The number of aliphatic imine (C=N–C) groups is 1. The summed E-state index contributed by atoms with van der Waals surface area (Å²) in [5, 5.41) is 6.80. The van der Waals surface area contributed by atoms with Crippen LogP contribution in [0.15, 0.2) is 29.3 Å².